The zero-order valence-corrected chi connectivity index (χ0v) is 8.41. The van der Waals surface area contributed by atoms with Crippen LogP contribution in [-0.4, -0.2) is 17.6 Å². The van der Waals surface area contributed by atoms with Gasteiger partial charge < -0.3 is 10.8 Å². The van der Waals surface area contributed by atoms with Gasteiger partial charge in [0.25, 0.3) is 0 Å². The van der Waals surface area contributed by atoms with Crippen molar-refractivity contribution < 1.29 is 18.7 Å². The average Bonchev–Trinajstić information content (AvgIpc) is 2.22. The highest BCUT2D eigenvalue weighted by Gasteiger charge is 2.13. The van der Waals surface area contributed by atoms with Crippen LogP contribution in [0.3, 0.4) is 0 Å². The van der Waals surface area contributed by atoms with E-state index in [0.29, 0.717) is 19.0 Å². The summed E-state index contributed by atoms with van der Waals surface area (Å²) >= 11 is 0. The van der Waals surface area contributed by atoms with Gasteiger partial charge in [-0.2, -0.15) is 0 Å². The third-order valence-corrected chi connectivity index (χ3v) is 1.95. The van der Waals surface area contributed by atoms with Gasteiger partial charge in [-0.15, -0.1) is 0 Å². The molecule has 0 unspecified atom stereocenters. The molecule has 0 fully saturated rings. The van der Waals surface area contributed by atoms with E-state index in [1.165, 1.54) is 6.08 Å². The van der Waals surface area contributed by atoms with E-state index in [1.54, 1.807) is 6.08 Å². The lowest BCUT2D eigenvalue weighted by Gasteiger charge is -2.01. The molecule has 1 aromatic carbocycles. The van der Waals surface area contributed by atoms with E-state index in [4.69, 9.17) is 10.8 Å². The summed E-state index contributed by atoms with van der Waals surface area (Å²) in [5, 5.41) is 8.55. The van der Waals surface area contributed by atoms with Gasteiger partial charge in [0.2, 0.25) is 0 Å². The molecule has 0 heterocycles. The Bertz CT molecular complexity index is 430. The van der Waals surface area contributed by atoms with Gasteiger partial charge in [0.05, 0.1) is 5.56 Å². The van der Waals surface area contributed by atoms with Crippen LogP contribution in [0, 0.1) is 11.6 Å². The maximum Gasteiger partial charge on any atom is 0.338 e. The van der Waals surface area contributed by atoms with E-state index in [9.17, 15) is 13.6 Å². The monoisotopic (exact) mass is 227 g/mol. The van der Waals surface area contributed by atoms with Gasteiger partial charge in [0.1, 0.15) is 11.6 Å². The summed E-state index contributed by atoms with van der Waals surface area (Å²) in [5.41, 5.74) is 4.57. The Morgan fingerprint density at radius 1 is 1.38 bits per heavy atom. The number of hydrogen-bond acceptors (Lipinski definition) is 2. The summed E-state index contributed by atoms with van der Waals surface area (Å²) in [5.74, 6) is -3.22. The molecule has 0 spiro atoms. The zero-order valence-electron chi connectivity index (χ0n) is 8.41. The highest BCUT2D eigenvalue weighted by atomic mass is 19.1. The fraction of sp³-hybridized carbons (Fsp3) is 0.182. The summed E-state index contributed by atoms with van der Waals surface area (Å²) in [7, 11) is 0. The highest BCUT2D eigenvalue weighted by molar-refractivity contribution is 5.88. The number of aromatic carboxylic acids is 1. The lowest BCUT2D eigenvalue weighted by molar-refractivity contribution is 0.0691. The SMILES string of the molecule is NCCC=Cc1cc(F)c(C(=O)O)cc1F. The number of hydrogen-bond donors (Lipinski definition) is 2. The molecule has 5 heteroatoms. The molecule has 3 N–H and O–H groups in total. The number of carboxylic acids is 1. The van der Waals surface area contributed by atoms with Gasteiger partial charge in [-0.3, -0.25) is 0 Å². The van der Waals surface area contributed by atoms with Gasteiger partial charge in [0.15, 0.2) is 0 Å². The van der Waals surface area contributed by atoms with Crippen molar-refractivity contribution in [2.45, 2.75) is 6.42 Å². The van der Waals surface area contributed by atoms with Gasteiger partial charge in [-0.1, -0.05) is 12.2 Å². The lowest BCUT2D eigenvalue weighted by atomic mass is 10.1. The molecule has 86 valence electrons. The largest absolute Gasteiger partial charge is 0.478 e. The highest BCUT2D eigenvalue weighted by Crippen LogP contribution is 2.16. The number of halogens is 2. The molecule has 0 amide bonds. The van der Waals surface area contributed by atoms with Crippen LogP contribution in [0.1, 0.15) is 22.3 Å². The van der Waals surface area contributed by atoms with E-state index < -0.39 is 23.2 Å². The van der Waals surface area contributed by atoms with Crippen molar-refractivity contribution in [1.82, 2.24) is 0 Å². The number of carboxylic acid groups (broad SMARTS) is 1. The number of carbonyl (C=O) groups is 1. The minimum atomic E-state index is -1.49. The van der Waals surface area contributed by atoms with Crippen molar-refractivity contribution in [3.05, 3.63) is 41.0 Å². The van der Waals surface area contributed by atoms with Crippen LogP contribution in [0.5, 0.6) is 0 Å². The van der Waals surface area contributed by atoms with Gasteiger partial charge >= 0.3 is 5.97 Å². The Morgan fingerprint density at radius 3 is 2.62 bits per heavy atom. The van der Waals surface area contributed by atoms with Gasteiger partial charge in [-0.25, -0.2) is 13.6 Å². The number of nitrogens with two attached hydrogens (primary N) is 1. The summed E-state index contributed by atoms with van der Waals surface area (Å²) in [6.07, 6.45) is 3.51. The third kappa shape index (κ3) is 2.87. The van der Waals surface area contributed by atoms with Crippen molar-refractivity contribution in [3.8, 4) is 0 Å². The van der Waals surface area contributed by atoms with E-state index in [-0.39, 0.29) is 5.56 Å². The molecule has 0 aliphatic rings. The molecule has 1 rings (SSSR count). The molecule has 0 aromatic heterocycles. The van der Waals surface area contributed by atoms with Crippen molar-refractivity contribution in [2.75, 3.05) is 6.54 Å². The molecule has 0 atom stereocenters. The van der Waals surface area contributed by atoms with Gasteiger partial charge in [0, 0.05) is 5.56 Å². The van der Waals surface area contributed by atoms with Gasteiger partial charge in [-0.05, 0) is 25.1 Å². The van der Waals surface area contributed by atoms with E-state index >= 15 is 0 Å². The van der Waals surface area contributed by atoms with Crippen LogP contribution in [0.4, 0.5) is 8.78 Å². The first-order valence-electron chi connectivity index (χ1n) is 4.65. The Kier molecular flexibility index (Phi) is 4.13. The minimum absolute atomic E-state index is 0.0101. The van der Waals surface area contributed by atoms with Crippen LogP contribution >= 0.6 is 0 Å². The van der Waals surface area contributed by atoms with Crippen molar-refractivity contribution in [3.63, 3.8) is 0 Å². The number of rotatable bonds is 4. The molecule has 0 aliphatic heterocycles. The third-order valence-electron chi connectivity index (χ3n) is 1.95. The fourth-order valence-electron chi connectivity index (χ4n) is 1.16. The van der Waals surface area contributed by atoms with Crippen molar-refractivity contribution >= 4 is 12.0 Å². The zero-order chi connectivity index (χ0) is 12.1. The second kappa shape index (κ2) is 5.37. The quantitative estimate of drug-likeness (QED) is 0.827. The molecule has 0 saturated heterocycles. The first-order chi connectivity index (χ1) is 7.56. The Hall–Kier alpha value is -1.75. The van der Waals surface area contributed by atoms with E-state index in [1.807, 2.05) is 0 Å². The standard InChI is InChI=1S/C11H11F2NO2/c12-9-6-8(11(15)16)10(13)5-7(9)3-1-2-4-14/h1,3,5-6H,2,4,14H2,(H,15,16). The normalized spacial score (nSPS) is 10.9. The summed E-state index contributed by atoms with van der Waals surface area (Å²) in [6.45, 7) is 0.411. The van der Waals surface area contributed by atoms with Crippen LogP contribution < -0.4 is 5.73 Å². The molecule has 0 aliphatic carbocycles. The second-order valence-corrected chi connectivity index (χ2v) is 3.14. The van der Waals surface area contributed by atoms with Crippen LogP contribution in [0.25, 0.3) is 6.08 Å². The Labute approximate surface area is 91.2 Å². The fourth-order valence-corrected chi connectivity index (χ4v) is 1.16. The minimum Gasteiger partial charge on any atom is -0.478 e. The molecule has 0 bridgehead atoms. The first kappa shape index (κ1) is 12.3. The van der Waals surface area contributed by atoms with Crippen molar-refractivity contribution in [2.24, 2.45) is 5.73 Å². The summed E-state index contributed by atoms with van der Waals surface area (Å²) < 4.78 is 26.5. The molecule has 16 heavy (non-hydrogen) atoms. The molecule has 0 radical (unpaired) electrons. The first-order valence-corrected chi connectivity index (χ1v) is 4.65. The Morgan fingerprint density at radius 2 is 2.06 bits per heavy atom. The Balaban J connectivity index is 3.05. The van der Waals surface area contributed by atoms with Crippen LogP contribution in [0.2, 0.25) is 0 Å². The average molecular weight is 227 g/mol. The molecule has 0 saturated carbocycles. The molecular formula is C11H11F2NO2. The van der Waals surface area contributed by atoms with Crippen LogP contribution in [0.15, 0.2) is 18.2 Å². The molecule has 1 aromatic rings. The molecular weight excluding hydrogens is 216 g/mol. The summed E-state index contributed by atoms with van der Waals surface area (Å²) in [6, 6.07) is 1.52. The topological polar surface area (TPSA) is 63.3 Å². The maximum atomic E-state index is 13.3. The maximum absolute atomic E-state index is 13.3. The van der Waals surface area contributed by atoms with E-state index in [0.717, 1.165) is 6.07 Å². The van der Waals surface area contributed by atoms with E-state index in [2.05, 4.69) is 0 Å². The summed E-state index contributed by atoms with van der Waals surface area (Å²) in [4.78, 5) is 10.5. The van der Waals surface area contributed by atoms with Crippen molar-refractivity contribution in [1.29, 1.82) is 0 Å². The molecule has 3 nitrogen and oxygen atoms in total. The predicted octanol–water partition coefficient (Wildman–Crippen LogP) is 2.03. The number of benzene rings is 1. The van der Waals surface area contributed by atoms with Crippen LogP contribution in [-0.2, 0) is 0 Å². The smallest absolute Gasteiger partial charge is 0.338 e. The second-order valence-electron chi connectivity index (χ2n) is 3.14. The predicted molar refractivity (Wildman–Crippen MR) is 56.0 cm³/mol. The lowest BCUT2D eigenvalue weighted by Crippen LogP contribution is -2.02.